The van der Waals surface area contributed by atoms with Gasteiger partial charge in [-0.2, -0.15) is 0 Å². The van der Waals surface area contributed by atoms with Gasteiger partial charge in [0.1, 0.15) is 13.2 Å². The maximum absolute atomic E-state index is 13.1. The van der Waals surface area contributed by atoms with E-state index in [-0.39, 0.29) is 24.9 Å². The highest BCUT2D eigenvalue weighted by molar-refractivity contribution is 7.92. The van der Waals surface area contributed by atoms with E-state index in [0.29, 0.717) is 49.9 Å². The van der Waals surface area contributed by atoms with Gasteiger partial charge in [0.25, 0.3) is 0 Å². The van der Waals surface area contributed by atoms with Crippen molar-refractivity contribution in [2.75, 3.05) is 56.5 Å². The second-order valence-electron chi connectivity index (χ2n) is 9.91. The number of hydrogen-bond donors (Lipinski definition) is 0. The molecule has 9 heteroatoms. The van der Waals surface area contributed by atoms with Crippen molar-refractivity contribution in [1.29, 1.82) is 0 Å². The van der Waals surface area contributed by atoms with Gasteiger partial charge in [-0.15, -0.1) is 0 Å². The predicted octanol–water partition coefficient (Wildman–Crippen LogP) is 3.94. The van der Waals surface area contributed by atoms with E-state index in [1.54, 1.807) is 18.2 Å². The van der Waals surface area contributed by atoms with E-state index >= 15 is 0 Å². The third-order valence-corrected chi connectivity index (χ3v) is 8.42. The van der Waals surface area contributed by atoms with E-state index in [0.717, 1.165) is 13.1 Å². The van der Waals surface area contributed by atoms with E-state index in [1.807, 2.05) is 17.0 Å². The molecule has 0 aliphatic carbocycles. The largest absolute Gasteiger partial charge is 0.486 e. The minimum absolute atomic E-state index is 0.0567. The smallest absolute Gasteiger partial charge is 0.232 e. The molecule has 0 unspecified atom stereocenters. The number of sulfonamides is 1. The number of nitrogens with zero attached hydrogens (tertiary/aromatic N) is 3. The highest BCUT2D eigenvalue weighted by atomic mass is 32.2. The molecule has 1 fully saturated rings. The van der Waals surface area contributed by atoms with Gasteiger partial charge in [0.05, 0.1) is 18.0 Å². The molecule has 0 radical (unpaired) electrons. The minimum atomic E-state index is -3.53. The van der Waals surface area contributed by atoms with E-state index < -0.39 is 10.0 Å². The SMILES string of the molecule is CS(=O)(=O)N(CCCC(=O)N1CCN(C(c2ccccc2)c2ccccc2)CC1)c1ccc2c(c1)OCCO2. The molecule has 206 valence electrons. The van der Waals surface area contributed by atoms with Crippen LogP contribution >= 0.6 is 0 Å². The number of hydrogen-bond acceptors (Lipinski definition) is 6. The van der Waals surface area contributed by atoms with Crippen LogP contribution in [0.15, 0.2) is 78.9 Å². The number of piperazine rings is 1. The lowest BCUT2D eigenvalue weighted by Crippen LogP contribution is -2.50. The van der Waals surface area contributed by atoms with Gasteiger partial charge in [-0.3, -0.25) is 14.0 Å². The Kier molecular flexibility index (Phi) is 8.38. The Balaban J connectivity index is 1.18. The van der Waals surface area contributed by atoms with Gasteiger partial charge in [-0.25, -0.2) is 8.42 Å². The summed E-state index contributed by atoms with van der Waals surface area (Å²) in [7, 11) is -3.53. The van der Waals surface area contributed by atoms with E-state index in [4.69, 9.17) is 9.47 Å². The summed E-state index contributed by atoms with van der Waals surface area (Å²) in [5.74, 6) is 1.20. The van der Waals surface area contributed by atoms with E-state index in [1.165, 1.54) is 21.7 Å². The molecule has 8 nitrogen and oxygen atoms in total. The first-order chi connectivity index (χ1) is 18.9. The lowest BCUT2D eigenvalue weighted by Gasteiger charge is -2.40. The first-order valence-electron chi connectivity index (χ1n) is 13.4. The van der Waals surface area contributed by atoms with E-state index in [2.05, 4.69) is 53.4 Å². The fourth-order valence-corrected chi connectivity index (χ4v) is 6.28. The number of rotatable bonds is 9. The molecule has 0 aromatic heterocycles. The van der Waals surface area contributed by atoms with Gasteiger partial charge in [-0.1, -0.05) is 60.7 Å². The fraction of sp³-hybridized carbons (Fsp3) is 0.367. The summed E-state index contributed by atoms with van der Waals surface area (Å²) in [5, 5.41) is 0. The third kappa shape index (κ3) is 6.54. The van der Waals surface area contributed by atoms with Crippen LogP contribution in [0.4, 0.5) is 5.69 Å². The van der Waals surface area contributed by atoms with Gasteiger partial charge >= 0.3 is 0 Å². The fourth-order valence-electron chi connectivity index (χ4n) is 5.32. The zero-order valence-corrected chi connectivity index (χ0v) is 23.1. The maximum Gasteiger partial charge on any atom is 0.232 e. The van der Waals surface area contributed by atoms with Gasteiger partial charge in [-0.05, 0) is 29.7 Å². The molecule has 2 aliphatic rings. The Morgan fingerprint density at radius 2 is 1.44 bits per heavy atom. The monoisotopic (exact) mass is 549 g/mol. The quantitative estimate of drug-likeness (QED) is 0.402. The molecule has 2 heterocycles. The molecule has 0 N–H and O–H groups in total. The second kappa shape index (κ2) is 12.1. The standard InChI is InChI=1S/C30H35N3O5S/c1-39(35,36)33(26-14-15-27-28(23-26)38-22-21-37-27)16-8-13-29(34)31-17-19-32(20-18-31)30(24-9-4-2-5-10-24)25-11-6-3-7-12-25/h2-7,9-12,14-15,23,30H,8,13,16-22H2,1H3. The van der Waals surface area contributed by atoms with Crippen LogP contribution in [0.5, 0.6) is 11.5 Å². The lowest BCUT2D eigenvalue weighted by molar-refractivity contribution is -0.133. The van der Waals surface area contributed by atoms with Crippen molar-refractivity contribution in [1.82, 2.24) is 9.80 Å². The summed E-state index contributed by atoms with van der Waals surface area (Å²) in [5.41, 5.74) is 2.99. The molecular weight excluding hydrogens is 514 g/mol. The summed E-state index contributed by atoms with van der Waals surface area (Å²) in [6, 6.07) is 26.2. The number of carbonyl (C=O) groups is 1. The van der Waals surface area contributed by atoms with Crippen LogP contribution in [0, 0.1) is 0 Å². The van der Waals surface area contributed by atoms with Crippen molar-refractivity contribution >= 4 is 21.6 Å². The maximum atomic E-state index is 13.1. The highest BCUT2D eigenvalue weighted by Crippen LogP contribution is 2.35. The van der Waals surface area contributed by atoms with E-state index in [9.17, 15) is 13.2 Å². The summed E-state index contributed by atoms with van der Waals surface area (Å²) >= 11 is 0. The van der Waals surface area contributed by atoms with Crippen LogP contribution in [0.3, 0.4) is 0 Å². The first-order valence-corrected chi connectivity index (χ1v) is 15.2. The van der Waals surface area contributed by atoms with Gasteiger partial charge < -0.3 is 14.4 Å². The van der Waals surface area contributed by atoms with Crippen LogP contribution in [0.1, 0.15) is 30.0 Å². The predicted molar refractivity (Wildman–Crippen MR) is 152 cm³/mol. The highest BCUT2D eigenvalue weighted by Gasteiger charge is 2.28. The van der Waals surface area contributed by atoms with Crippen LogP contribution in [-0.4, -0.2) is 76.3 Å². The summed E-state index contributed by atoms with van der Waals surface area (Å²) in [6.45, 7) is 3.94. The van der Waals surface area contributed by atoms with Crippen molar-refractivity contribution in [2.45, 2.75) is 18.9 Å². The van der Waals surface area contributed by atoms with Crippen LogP contribution in [0.25, 0.3) is 0 Å². The number of fused-ring (bicyclic) bond motifs is 1. The summed E-state index contributed by atoms with van der Waals surface area (Å²) in [6.07, 6.45) is 1.90. The zero-order chi connectivity index (χ0) is 27.2. The molecule has 0 spiro atoms. The van der Waals surface area contributed by atoms with Gasteiger partial charge in [0, 0.05) is 45.2 Å². The van der Waals surface area contributed by atoms with Crippen molar-refractivity contribution < 1.29 is 22.7 Å². The minimum Gasteiger partial charge on any atom is -0.486 e. The average molecular weight is 550 g/mol. The van der Waals surface area contributed by atoms with Crippen LogP contribution in [0.2, 0.25) is 0 Å². The number of amides is 1. The van der Waals surface area contributed by atoms with Crippen molar-refractivity contribution in [3.05, 3.63) is 90.0 Å². The summed E-state index contributed by atoms with van der Waals surface area (Å²) in [4.78, 5) is 17.4. The Morgan fingerprint density at radius 3 is 2.03 bits per heavy atom. The number of benzene rings is 3. The third-order valence-electron chi connectivity index (χ3n) is 7.23. The molecule has 5 rings (SSSR count). The van der Waals surface area contributed by atoms with Crippen LogP contribution < -0.4 is 13.8 Å². The topological polar surface area (TPSA) is 79.4 Å². The molecular formula is C30H35N3O5S. The normalized spacial score (nSPS) is 15.8. The Bertz CT molecular complexity index is 1320. The lowest BCUT2D eigenvalue weighted by atomic mass is 9.96. The summed E-state index contributed by atoms with van der Waals surface area (Å²) < 4.78 is 37.6. The van der Waals surface area contributed by atoms with Gasteiger partial charge in [0.2, 0.25) is 15.9 Å². The van der Waals surface area contributed by atoms with Crippen LogP contribution in [-0.2, 0) is 14.8 Å². The number of anilines is 1. The number of ether oxygens (including phenoxy) is 2. The second-order valence-corrected chi connectivity index (χ2v) is 11.8. The van der Waals surface area contributed by atoms with Crippen molar-refractivity contribution in [3.63, 3.8) is 0 Å². The van der Waals surface area contributed by atoms with Gasteiger partial charge in [0.15, 0.2) is 11.5 Å². The first kappa shape index (κ1) is 27.0. The Hall–Kier alpha value is -3.56. The average Bonchev–Trinajstić information content (AvgIpc) is 2.96. The molecule has 3 aromatic rings. The Morgan fingerprint density at radius 1 is 0.846 bits per heavy atom. The molecule has 3 aromatic carbocycles. The molecule has 2 aliphatic heterocycles. The molecule has 39 heavy (non-hydrogen) atoms. The van der Waals surface area contributed by atoms with Crippen molar-refractivity contribution in [2.24, 2.45) is 0 Å². The molecule has 0 saturated carbocycles. The molecule has 0 bridgehead atoms. The number of carbonyl (C=O) groups excluding carboxylic acids is 1. The molecule has 0 atom stereocenters. The Labute approximate surface area is 230 Å². The molecule has 1 saturated heterocycles. The zero-order valence-electron chi connectivity index (χ0n) is 22.2. The molecule has 1 amide bonds. The van der Waals surface area contributed by atoms with Crippen molar-refractivity contribution in [3.8, 4) is 11.5 Å².